The van der Waals surface area contributed by atoms with Crippen molar-refractivity contribution in [3.8, 4) is 11.5 Å². The highest BCUT2D eigenvalue weighted by Crippen LogP contribution is 2.22. The van der Waals surface area contributed by atoms with Gasteiger partial charge in [-0.05, 0) is 37.6 Å². The van der Waals surface area contributed by atoms with E-state index < -0.39 is 0 Å². The Labute approximate surface area is 129 Å². The van der Waals surface area contributed by atoms with Crippen molar-refractivity contribution < 1.29 is 13.6 Å². The van der Waals surface area contributed by atoms with Crippen LogP contribution in [-0.2, 0) is 11.2 Å². The number of benzene rings is 1. The van der Waals surface area contributed by atoms with Crippen LogP contribution in [-0.4, -0.2) is 17.4 Å². The first-order valence-corrected chi connectivity index (χ1v) is 7.59. The molecule has 0 aliphatic heterocycles. The Hall–Kier alpha value is -2.17. The van der Waals surface area contributed by atoms with E-state index >= 15 is 0 Å². The van der Waals surface area contributed by atoms with Gasteiger partial charge in [0.05, 0.1) is 12.1 Å². The van der Waals surface area contributed by atoms with E-state index in [9.17, 15) is 9.18 Å². The highest BCUT2D eigenvalue weighted by atomic mass is 19.1. The third-order valence-corrected chi connectivity index (χ3v) is 3.41. The Morgan fingerprint density at radius 2 is 2.00 bits per heavy atom. The van der Waals surface area contributed by atoms with Gasteiger partial charge < -0.3 is 9.73 Å². The minimum Gasteiger partial charge on any atom is -0.441 e. The van der Waals surface area contributed by atoms with Crippen LogP contribution in [0.5, 0.6) is 0 Å². The Bertz CT molecular complexity index is 620. The average molecular weight is 304 g/mol. The molecule has 0 aliphatic rings. The molecular weight excluding hydrogens is 283 g/mol. The molecule has 0 saturated carbocycles. The minimum atomic E-state index is -0.307. The second kappa shape index (κ2) is 7.73. The molecule has 0 spiro atoms. The van der Waals surface area contributed by atoms with Crippen molar-refractivity contribution in [2.45, 2.75) is 39.5 Å². The zero-order chi connectivity index (χ0) is 15.9. The third-order valence-electron chi connectivity index (χ3n) is 3.41. The highest BCUT2D eigenvalue weighted by molar-refractivity contribution is 5.78. The summed E-state index contributed by atoms with van der Waals surface area (Å²) in [6, 6.07) is 5.92. The average Bonchev–Trinajstić information content (AvgIpc) is 2.85. The monoisotopic (exact) mass is 304 g/mol. The number of oxazole rings is 1. The number of nitrogens with zero attached hydrogens (tertiary/aromatic N) is 1. The fraction of sp³-hybridized carbons (Fsp3) is 0.412. The maximum atomic E-state index is 12.9. The molecule has 0 bridgehead atoms. The van der Waals surface area contributed by atoms with Gasteiger partial charge in [0.25, 0.3) is 0 Å². The SMILES string of the molecule is CCCCCNC(=O)Cc1nc(-c2ccc(F)cc2)oc1C. The maximum Gasteiger partial charge on any atom is 0.226 e. The highest BCUT2D eigenvalue weighted by Gasteiger charge is 2.14. The molecule has 1 N–H and O–H groups in total. The zero-order valence-corrected chi connectivity index (χ0v) is 13.0. The topological polar surface area (TPSA) is 55.1 Å². The minimum absolute atomic E-state index is 0.0573. The van der Waals surface area contributed by atoms with Gasteiger partial charge in [-0.1, -0.05) is 19.8 Å². The van der Waals surface area contributed by atoms with Gasteiger partial charge in [0, 0.05) is 12.1 Å². The Morgan fingerprint density at radius 1 is 1.27 bits per heavy atom. The molecule has 1 heterocycles. The van der Waals surface area contributed by atoms with Crippen LogP contribution in [0.1, 0.15) is 37.6 Å². The lowest BCUT2D eigenvalue weighted by molar-refractivity contribution is -0.120. The molecule has 118 valence electrons. The van der Waals surface area contributed by atoms with E-state index in [4.69, 9.17) is 4.42 Å². The van der Waals surface area contributed by atoms with E-state index in [1.54, 1.807) is 19.1 Å². The fourth-order valence-corrected chi connectivity index (χ4v) is 2.13. The predicted octanol–water partition coefficient (Wildman–Crippen LogP) is 3.64. The number of aryl methyl sites for hydroxylation is 1. The number of amides is 1. The summed E-state index contributed by atoms with van der Waals surface area (Å²) >= 11 is 0. The van der Waals surface area contributed by atoms with Crippen LogP contribution in [0, 0.1) is 12.7 Å². The van der Waals surface area contributed by atoms with Crippen molar-refractivity contribution in [3.05, 3.63) is 41.5 Å². The summed E-state index contributed by atoms with van der Waals surface area (Å²) in [5.74, 6) is 0.659. The summed E-state index contributed by atoms with van der Waals surface area (Å²) in [7, 11) is 0. The number of hydrogen-bond acceptors (Lipinski definition) is 3. The number of hydrogen-bond donors (Lipinski definition) is 1. The molecule has 1 amide bonds. The first-order valence-electron chi connectivity index (χ1n) is 7.59. The lowest BCUT2D eigenvalue weighted by Crippen LogP contribution is -2.26. The second-order valence-corrected chi connectivity index (χ2v) is 5.26. The molecule has 22 heavy (non-hydrogen) atoms. The largest absolute Gasteiger partial charge is 0.441 e. The number of unbranched alkanes of at least 4 members (excludes halogenated alkanes) is 2. The van der Waals surface area contributed by atoms with Gasteiger partial charge >= 0.3 is 0 Å². The van der Waals surface area contributed by atoms with E-state index in [1.807, 2.05) is 0 Å². The molecule has 0 unspecified atom stereocenters. The number of nitrogens with one attached hydrogen (secondary N) is 1. The van der Waals surface area contributed by atoms with Gasteiger partial charge in [-0.15, -0.1) is 0 Å². The molecule has 5 heteroatoms. The summed E-state index contributed by atoms with van der Waals surface area (Å²) in [5.41, 5.74) is 1.31. The van der Waals surface area contributed by atoms with Crippen LogP contribution in [0.25, 0.3) is 11.5 Å². The second-order valence-electron chi connectivity index (χ2n) is 5.26. The van der Waals surface area contributed by atoms with Crippen LogP contribution in [0.2, 0.25) is 0 Å². The van der Waals surface area contributed by atoms with Crippen LogP contribution in [0.15, 0.2) is 28.7 Å². The lowest BCUT2D eigenvalue weighted by atomic mass is 10.2. The molecule has 0 fully saturated rings. The molecule has 1 aromatic carbocycles. The van der Waals surface area contributed by atoms with Crippen molar-refractivity contribution in [1.82, 2.24) is 10.3 Å². The first kappa shape index (κ1) is 16.2. The quantitative estimate of drug-likeness (QED) is 0.795. The molecule has 2 rings (SSSR count). The molecule has 0 atom stereocenters. The van der Waals surface area contributed by atoms with E-state index in [0.717, 1.165) is 19.3 Å². The van der Waals surface area contributed by atoms with Gasteiger partial charge in [-0.25, -0.2) is 9.37 Å². The Balaban J connectivity index is 1.98. The predicted molar refractivity (Wildman–Crippen MR) is 82.9 cm³/mol. The van der Waals surface area contributed by atoms with Gasteiger partial charge in [0.1, 0.15) is 11.6 Å². The summed E-state index contributed by atoms with van der Waals surface area (Å²) in [5, 5.41) is 2.88. The first-order chi connectivity index (χ1) is 10.6. The number of aromatic nitrogens is 1. The van der Waals surface area contributed by atoms with E-state index in [1.165, 1.54) is 12.1 Å². The Kier molecular flexibility index (Phi) is 5.69. The fourth-order valence-electron chi connectivity index (χ4n) is 2.13. The van der Waals surface area contributed by atoms with Crippen molar-refractivity contribution >= 4 is 5.91 Å². The molecule has 0 radical (unpaired) electrons. The molecular formula is C17H21FN2O2. The molecule has 2 aromatic rings. The number of carbonyl (C=O) groups is 1. The van der Waals surface area contributed by atoms with Crippen LogP contribution < -0.4 is 5.32 Å². The molecule has 0 aliphatic carbocycles. The van der Waals surface area contributed by atoms with E-state index in [2.05, 4.69) is 17.2 Å². The maximum absolute atomic E-state index is 12.9. The standard InChI is InChI=1S/C17H21FN2O2/c1-3-4-5-10-19-16(21)11-15-12(2)22-17(20-15)13-6-8-14(18)9-7-13/h6-9H,3-5,10-11H2,1-2H3,(H,19,21). The summed E-state index contributed by atoms with van der Waals surface area (Å²) < 4.78 is 18.5. The third kappa shape index (κ3) is 4.41. The normalized spacial score (nSPS) is 10.7. The number of halogens is 1. The molecule has 1 aromatic heterocycles. The lowest BCUT2D eigenvalue weighted by Gasteiger charge is -2.03. The Morgan fingerprint density at radius 3 is 2.68 bits per heavy atom. The van der Waals surface area contributed by atoms with Gasteiger partial charge in [0.15, 0.2) is 0 Å². The van der Waals surface area contributed by atoms with Crippen molar-refractivity contribution in [3.63, 3.8) is 0 Å². The molecule has 0 saturated heterocycles. The van der Waals surface area contributed by atoms with Gasteiger partial charge in [0.2, 0.25) is 11.8 Å². The van der Waals surface area contributed by atoms with Crippen molar-refractivity contribution in [2.24, 2.45) is 0 Å². The van der Waals surface area contributed by atoms with Gasteiger partial charge in [-0.3, -0.25) is 4.79 Å². The van der Waals surface area contributed by atoms with Crippen LogP contribution >= 0.6 is 0 Å². The van der Waals surface area contributed by atoms with E-state index in [0.29, 0.717) is 29.5 Å². The van der Waals surface area contributed by atoms with Crippen molar-refractivity contribution in [2.75, 3.05) is 6.54 Å². The zero-order valence-electron chi connectivity index (χ0n) is 13.0. The van der Waals surface area contributed by atoms with Crippen LogP contribution in [0.3, 0.4) is 0 Å². The smallest absolute Gasteiger partial charge is 0.226 e. The summed E-state index contributed by atoms with van der Waals surface area (Å²) in [6.45, 7) is 4.59. The van der Waals surface area contributed by atoms with Crippen LogP contribution in [0.4, 0.5) is 4.39 Å². The van der Waals surface area contributed by atoms with E-state index in [-0.39, 0.29) is 18.1 Å². The number of carbonyl (C=O) groups excluding carboxylic acids is 1. The van der Waals surface area contributed by atoms with Gasteiger partial charge in [-0.2, -0.15) is 0 Å². The summed E-state index contributed by atoms with van der Waals surface area (Å²) in [6.07, 6.45) is 3.42. The summed E-state index contributed by atoms with van der Waals surface area (Å²) in [4.78, 5) is 16.2. The number of rotatable bonds is 7. The molecule has 4 nitrogen and oxygen atoms in total. The van der Waals surface area contributed by atoms with Crippen molar-refractivity contribution in [1.29, 1.82) is 0 Å².